The van der Waals surface area contributed by atoms with E-state index in [1.54, 1.807) is 24.3 Å². The van der Waals surface area contributed by atoms with Gasteiger partial charge >= 0.3 is 5.97 Å². The zero-order valence-electron chi connectivity index (χ0n) is 18.3. The molecule has 0 fully saturated rings. The summed E-state index contributed by atoms with van der Waals surface area (Å²) in [6, 6.07) is 16.2. The van der Waals surface area contributed by atoms with Crippen molar-refractivity contribution in [3.8, 4) is 11.1 Å². The standard InChI is InChI=1S/C25H23N3O4S/c1-3-12-32-25(31)18-10-7-11-19(13-18)27-20(29)14-28-15-26-23-22(24(28)30)21(16(2)33-23)17-8-5-4-6-9-17/h4-11,13,15H,3,12,14H2,1-2H3,(H,27,29). The first-order chi connectivity index (χ1) is 16.0. The Morgan fingerprint density at radius 1 is 1.12 bits per heavy atom. The van der Waals surface area contributed by atoms with Gasteiger partial charge in [0, 0.05) is 16.1 Å². The lowest BCUT2D eigenvalue weighted by atomic mass is 10.0. The van der Waals surface area contributed by atoms with Crippen molar-refractivity contribution in [3.63, 3.8) is 0 Å². The van der Waals surface area contributed by atoms with E-state index in [4.69, 9.17) is 4.74 Å². The van der Waals surface area contributed by atoms with Crippen molar-refractivity contribution in [2.45, 2.75) is 26.8 Å². The van der Waals surface area contributed by atoms with Crippen LogP contribution in [0.4, 0.5) is 5.69 Å². The molecule has 0 spiro atoms. The number of hydrogen-bond acceptors (Lipinski definition) is 6. The summed E-state index contributed by atoms with van der Waals surface area (Å²) in [5.74, 6) is -0.842. The maximum atomic E-state index is 13.3. The Labute approximate surface area is 194 Å². The predicted octanol–water partition coefficient (Wildman–Crippen LogP) is 4.64. The lowest BCUT2D eigenvalue weighted by molar-refractivity contribution is -0.116. The largest absolute Gasteiger partial charge is 0.462 e. The monoisotopic (exact) mass is 461 g/mol. The van der Waals surface area contributed by atoms with Gasteiger partial charge in [-0.2, -0.15) is 0 Å². The first-order valence-electron chi connectivity index (χ1n) is 10.6. The van der Waals surface area contributed by atoms with E-state index in [0.29, 0.717) is 28.1 Å². The van der Waals surface area contributed by atoms with Crippen LogP contribution in [0.25, 0.3) is 21.3 Å². The van der Waals surface area contributed by atoms with Crippen molar-refractivity contribution in [1.82, 2.24) is 9.55 Å². The molecule has 7 nitrogen and oxygen atoms in total. The number of anilines is 1. The number of amides is 1. The van der Waals surface area contributed by atoms with E-state index < -0.39 is 11.9 Å². The van der Waals surface area contributed by atoms with Gasteiger partial charge in [-0.3, -0.25) is 14.2 Å². The van der Waals surface area contributed by atoms with Crippen molar-refractivity contribution in [3.05, 3.63) is 81.7 Å². The second-order valence-electron chi connectivity index (χ2n) is 7.52. The first kappa shape index (κ1) is 22.4. The molecule has 0 aliphatic carbocycles. The molecule has 0 aliphatic heterocycles. The number of thiophene rings is 1. The fourth-order valence-electron chi connectivity index (χ4n) is 3.56. The van der Waals surface area contributed by atoms with Crippen LogP contribution in [0.1, 0.15) is 28.6 Å². The van der Waals surface area contributed by atoms with E-state index in [1.807, 2.05) is 44.2 Å². The highest BCUT2D eigenvalue weighted by Crippen LogP contribution is 2.35. The van der Waals surface area contributed by atoms with Crippen molar-refractivity contribution in [2.75, 3.05) is 11.9 Å². The number of benzene rings is 2. The maximum absolute atomic E-state index is 13.3. The minimum absolute atomic E-state index is 0.199. The second kappa shape index (κ2) is 9.79. The number of aromatic nitrogens is 2. The number of carbonyl (C=O) groups is 2. The molecule has 2 aromatic heterocycles. The molecule has 0 saturated heterocycles. The van der Waals surface area contributed by atoms with Gasteiger partial charge in [0.05, 0.1) is 23.9 Å². The van der Waals surface area contributed by atoms with Crippen LogP contribution in [0.15, 0.2) is 65.7 Å². The van der Waals surface area contributed by atoms with Gasteiger partial charge in [-0.15, -0.1) is 11.3 Å². The summed E-state index contributed by atoms with van der Waals surface area (Å²) in [7, 11) is 0. The van der Waals surface area contributed by atoms with Crippen LogP contribution < -0.4 is 10.9 Å². The van der Waals surface area contributed by atoms with E-state index in [9.17, 15) is 14.4 Å². The summed E-state index contributed by atoms with van der Waals surface area (Å²) in [6.07, 6.45) is 2.12. The zero-order valence-corrected chi connectivity index (χ0v) is 19.1. The van der Waals surface area contributed by atoms with Crippen molar-refractivity contribution < 1.29 is 14.3 Å². The number of rotatable bonds is 7. The van der Waals surface area contributed by atoms with Crippen LogP contribution in [-0.2, 0) is 16.1 Å². The van der Waals surface area contributed by atoms with E-state index in [1.165, 1.54) is 22.2 Å². The first-order valence-corrected chi connectivity index (χ1v) is 11.4. The summed E-state index contributed by atoms with van der Waals surface area (Å²) >= 11 is 1.46. The Kier molecular flexibility index (Phi) is 6.65. The molecule has 0 saturated carbocycles. The van der Waals surface area contributed by atoms with Gasteiger partial charge in [0.15, 0.2) is 0 Å². The van der Waals surface area contributed by atoms with E-state index in [0.717, 1.165) is 22.4 Å². The Hall–Kier alpha value is -3.78. The molecule has 168 valence electrons. The number of fused-ring (bicyclic) bond motifs is 1. The molecule has 2 aromatic carbocycles. The Morgan fingerprint density at radius 2 is 1.91 bits per heavy atom. The van der Waals surface area contributed by atoms with Crippen LogP contribution in [0.5, 0.6) is 0 Å². The third-order valence-electron chi connectivity index (χ3n) is 5.05. The molecular formula is C25H23N3O4S. The third kappa shape index (κ3) is 4.85. The van der Waals surface area contributed by atoms with Gasteiger partial charge in [-0.1, -0.05) is 43.3 Å². The molecule has 1 N–H and O–H groups in total. The molecule has 0 atom stereocenters. The van der Waals surface area contributed by atoms with Gasteiger partial charge < -0.3 is 10.1 Å². The highest BCUT2D eigenvalue weighted by Gasteiger charge is 2.18. The predicted molar refractivity (Wildman–Crippen MR) is 130 cm³/mol. The molecule has 0 unspecified atom stereocenters. The number of esters is 1. The highest BCUT2D eigenvalue weighted by molar-refractivity contribution is 7.19. The second-order valence-corrected chi connectivity index (χ2v) is 8.73. The number of aryl methyl sites for hydroxylation is 1. The maximum Gasteiger partial charge on any atom is 0.338 e. The zero-order chi connectivity index (χ0) is 23.4. The summed E-state index contributed by atoms with van der Waals surface area (Å²) in [4.78, 5) is 44.0. The van der Waals surface area contributed by atoms with Gasteiger partial charge in [-0.25, -0.2) is 9.78 Å². The van der Waals surface area contributed by atoms with Crippen LogP contribution in [0, 0.1) is 6.92 Å². The average molecular weight is 462 g/mol. The quantitative estimate of drug-likeness (QED) is 0.405. The van der Waals surface area contributed by atoms with Crippen molar-refractivity contribution in [1.29, 1.82) is 0 Å². The number of nitrogens with one attached hydrogen (secondary N) is 1. The third-order valence-corrected chi connectivity index (χ3v) is 6.06. The molecule has 0 aliphatic rings. The lowest BCUT2D eigenvalue weighted by Crippen LogP contribution is -2.27. The molecule has 2 heterocycles. The number of hydrogen-bond donors (Lipinski definition) is 1. The van der Waals surface area contributed by atoms with Crippen molar-refractivity contribution in [2.24, 2.45) is 0 Å². The normalized spacial score (nSPS) is 10.8. The summed E-state index contributed by atoms with van der Waals surface area (Å²) in [5.41, 5.74) is 2.32. The molecule has 0 bridgehead atoms. The minimum atomic E-state index is -0.444. The van der Waals surface area contributed by atoms with Crippen LogP contribution >= 0.6 is 11.3 Å². The van der Waals surface area contributed by atoms with E-state index in [2.05, 4.69) is 10.3 Å². The highest BCUT2D eigenvalue weighted by atomic mass is 32.1. The minimum Gasteiger partial charge on any atom is -0.462 e. The lowest BCUT2D eigenvalue weighted by Gasteiger charge is -2.09. The topological polar surface area (TPSA) is 90.3 Å². The van der Waals surface area contributed by atoms with Gasteiger partial charge in [0.25, 0.3) is 5.56 Å². The SMILES string of the molecule is CCCOC(=O)c1cccc(NC(=O)Cn2cnc3sc(C)c(-c4ccccc4)c3c2=O)c1. The molecule has 0 radical (unpaired) electrons. The van der Waals surface area contributed by atoms with E-state index in [-0.39, 0.29) is 12.1 Å². The van der Waals surface area contributed by atoms with Gasteiger partial charge in [0.2, 0.25) is 5.91 Å². The molecule has 4 rings (SSSR count). The Morgan fingerprint density at radius 3 is 2.67 bits per heavy atom. The van der Waals surface area contributed by atoms with Gasteiger partial charge in [0.1, 0.15) is 11.4 Å². The Balaban J connectivity index is 1.57. The average Bonchev–Trinajstić information content (AvgIpc) is 3.16. The van der Waals surface area contributed by atoms with Crippen LogP contribution in [0.2, 0.25) is 0 Å². The smallest absolute Gasteiger partial charge is 0.338 e. The summed E-state index contributed by atoms with van der Waals surface area (Å²) in [6.45, 7) is 4.01. The fourth-order valence-corrected chi connectivity index (χ4v) is 4.56. The van der Waals surface area contributed by atoms with Crippen LogP contribution in [0.3, 0.4) is 0 Å². The van der Waals surface area contributed by atoms with Gasteiger partial charge in [-0.05, 0) is 37.1 Å². The number of carbonyl (C=O) groups excluding carboxylic acids is 2. The molecule has 8 heteroatoms. The molecular weight excluding hydrogens is 438 g/mol. The van der Waals surface area contributed by atoms with Crippen molar-refractivity contribution >= 4 is 39.1 Å². The fraction of sp³-hybridized carbons (Fsp3) is 0.200. The molecule has 33 heavy (non-hydrogen) atoms. The number of nitrogens with zero attached hydrogens (tertiary/aromatic N) is 2. The molecule has 1 amide bonds. The summed E-state index contributed by atoms with van der Waals surface area (Å²) in [5, 5.41) is 3.25. The van der Waals surface area contributed by atoms with Crippen LogP contribution in [-0.4, -0.2) is 28.0 Å². The molecule has 4 aromatic rings. The summed E-state index contributed by atoms with van der Waals surface area (Å²) < 4.78 is 6.44. The Bertz CT molecular complexity index is 1380. The number of ether oxygens (including phenoxy) is 1. The van der Waals surface area contributed by atoms with E-state index >= 15 is 0 Å².